The van der Waals surface area contributed by atoms with Gasteiger partial charge in [-0.15, -0.1) is 0 Å². The van der Waals surface area contributed by atoms with Gasteiger partial charge in [0.25, 0.3) is 0 Å². The molecule has 1 amide bonds. The summed E-state index contributed by atoms with van der Waals surface area (Å²) in [6, 6.07) is 0.212. The lowest BCUT2D eigenvalue weighted by atomic mass is 10.0. The fourth-order valence-corrected chi connectivity index (χ4v) is 3.52. The molecule has 0 atom stereocenters. The molecule has 0 aliphatic carbocycles. The van der Waals surface area contributed by atoms with Gasteiger partial charge < -0.3 is 19.1 Å². The Kier molecular flexibility index (Phi) is 5.74. The zero-order valence-electron chi connectivity index (χ0n) is 16.6. The lowest BCUT2D eigenvalue weighted by Gasteiger charge is -2.31. The average molecular weight is 379 g/mol. The van der Waals surface area contributed by atoms with E-state index in [9.17, 15) is 9.59 Å². The van der Waals surface area contributed by atoms with Gasteiger partial charge in [0.15, 0.2) is 5.69 Å². The maximum atomic E-state index is 12.5. The topological polar surface area (TPSA) is 82.9 Å². The van der Waals surface area contributed by atoms with Gasteiger partial charge in [-0.25, -0.2) is 9.59 Å². The van der Waals surface area contributed by atoms with E-state index in [0.717, 1.165) is 24.1 Å². The molecule has 2 aliphatic rings. The van der Waals surface area contributed by atoms with Crippen molar-refractivity contribution < 1.29 is 23.8 Å². The summed E-state index contributed by atoms with van der Waals surface area (Å²) in [5.41, 5.74) is 1.54. The number of fused-ring (bicyclic) bond motifs is 1. The molecule has 1 saturated heterocycles. The first-order valence-corrected chi connectivity index (χ1v) is 9.63. The third kappa shape index (κ3) is 4.43. The molecule has 150 valence electrons. The zero-order chi connectivity index (χ0) is 19.6. The number of ether oxygens (including phenoxy) is 3. The fraction of sp³-hybridized carbons (Fsp3) is 0.737. The second kappa shape index (κ2) is 7.88. The van der Waals surface area contributed by atoms with Gasteiger partial charge in [-0.1, -0.05) is 0 Å². The Morgan fingerprint density at radius 2 is 1.96 bits per heavy atom. The van der Waals surface area contributed by atoms with Crippen LogP contribution in [0.3, 0.4) is 0 Å². The normalized spacial score (nSPS) is 18.1. The molecule has 0 bridgehead atoms. The van der Waals surface area contributed by atoms with Gasteiger partial charge in [0.1, 0.15) is 5.60 Å². The highest BCUT2D eigenvalue weighted by atomic mass is 16.6. The predicted octanol–water partition coefficient (Wildman–Crippen LogP) is 2.70. The molecule has 0 N–H and O–H groups in total. The van der Waals surface area contributed by atoms with Crippen molar-refractivity contribution in [1.82, 2.24) is 14.7 Å². The van der Waals surface area contributed by atoms with Crippen molar-refractivity contribution in [3.63, 3.8) is 0 Å². The Labute approximate surface area is 159 Å². The molecule has 0 spiro atoms. The number of aromatic nitrogens is 2. The molecule has 0 unspecified atom stereocenters. The summed E-state index contributed by atoms with van der Waals surface area (Å²) in [7, 11) is 0. The summed E-state index contributed by atoms with van der Waals surface area (Å²) < 4.78 is 18.1. The molecule has 8 heteroatoms. The van der Waals surface area contributed by atoms with Crippen molar-refractivity contribution in [2.75, 3.05) is 26.4 Å². The van der Waals surface area contributed by atoms with Crippen LogP contribution in [-0.4, -0.2) is 58.7 Å². The van der Waals surface area contributed by atoms with Gasteiger partial charge >= 0.3 is 12.1 Å². The molecule has 1 aromatic rings. The number of nitrogens with zero attached hydrogens (tertiary/aromatic N) is 3. The van der Waals surface area contributed by atoms with Gasteiger partial charge in [0.05, 0.1) is 19.2 Å². The Balaban J connectivity index is 1.89. The highest BCUT2D eigenvalue weighted by molar-refractivity contribution is 5.89. The summed E-state index contributed by atoms with van der Waals surface area (Å²) in [4.78, 5) is 26.6. The van der Waals surface area contributed by atoms with Gasteiger partial charge in [-0.3, -0.25) is 4.68 Å². The molecular weight excluding hydrogens is 350 g/mol. The average Bonchev–Trinajstić information content (AvgIpc) is 3.00. The standard InChI is InChI=1S/C19H29N3O5/c1-5-26-17(23)16-14-12-21(18(24)27-19(2,3)4)9-6-15(14)22(20-16)13-7-10-25-11-8-13/h13H,5-12H2,1-4H3. The van der Waals surface area contributed by atoms with Gasteiger partial charge in [-0.2, -0.15) is 5.10 Å². The van der Waals surface area contributed by atoms with E-state index in [4.69, 9.17) is 14.2 Å². The lowest BCUT2D eigenvalue weighted by Crippen LogP contribution is -2.40. The number of esters is 1. The summed E-state index contributed by atoms with van der Waals surface area (Å²) in [6.45, 7) is 9.81. The predicted molar refractivity (Wildman–Crippen MR) is 97.6 cm³/mol. The monoisotopic (exact) mass is 379 g/mol. The van der Waals surface area contributed by atoms with Crippen LogP contribution >= 0.6 is 0 Å². The second-order valence-electron chi connectivity index (χ2n) is 7.93. The maximum Gasteiger partial charge on any atom is 0.410 e. The quantitative estimate of drug-likeness (QED) is 0.751. The van der Waals surface area contributed by atoms with Crippen molar-refractivity contribution in [2.45, 2.75) is 65.1 Å². The summed E-state index contributed by atoms with van der Waals surface area (Å²) >= 11 is 0. The van der Waals surface area contributed by atoms with E-state index in [0.29, 0.717) is 38.4 Å². The van der Waals surface area contributed by atoms with E-state index in [-0.39, 0.29) is 18.7 Å². The minimum Gasteiger partial charge on any atom is -0.461 e. The minimum atomic E-state index is -0.562. The van der Waals surface area contributed by atoms with Crippen LogP contribution in [0.25, 0.3) is 0 Å². The van der Waals surface area contributed by atoms with Crippen molar-refractivity contribution in [3.8, 4) is 0 Å². The molecule has 3 heterocycles. The Bertz CT molecular complexity index is 701. The van der Waals surface area contributed by atoms with Crippen LogP contribution < -0.4 is 0 Å². The number of amides is 1. The Morgan fingerprint density at radius 1 is 1.26 bits per heavy atom. The maximum absolute atomic E-state index is 12.5. The van der Waals surface area contributed by atoms with E-state index in [1.54, 1.807) is 11.8 Å². The number of hydrogen-bond acceptors (Lipinski definition) is 6. The van der Waals surface area contributed by atoms with Crippen LogP contribution in [0.2, 0.25) is 0 Å². The lowest BCUT2D eigenvalue weighted by molar-refractivity contribution is 0.0217. The SMILES string of the molecule is CCOC(=O)c1nn(C2CCOCC2)c2c1CN(C(=O)OC(C)(C)C)CC2. The summed E-state index contributed by atoms with van der Waals surface area (Å²) in [5.74, 6) is -0.439. The molecule has 1 aromatic heterocycles. The molecule has 8 nitrogen and oxygen atoms in total. The first-order valence-electron chi connectivity index (χ1n) is 9.63. The smallest absolute Gasteiger partial charge is 0.410 e. The van der Waals surface area contributed by atoms with E-state index in [1.807, 2.05) is 25.5 Å². The minimum absolute atomic E-state index is 0.212. The van der Waals surface area contributed by atoms with Gasteiger partial charge in [0.2, 0.25) is 0 Å². The molecule has 2 aliphatic heterocycles. The zero-order valence-corrected chi connectivity index (χ0v) is 16.6. The van der Waals surface area contributed by atoms with E-state index >= 15 is 0 Å². The molecule has 0 saturated carbocycles. The van der Waals surface area contributed by atoms with Gasteiger partial charge in [-0.05, 0) is 40.5 Å². The van der Waals surface area contributed by atoms with Crippen LogP contribution in [-0.2, 0) is 27.2 Å². The van der Waals surface area contributed by atoms with Gasteiger partial charge in [0, 0.05) is 37.4 Å². The first-order chi connectivity index (χ1) is 12.8. The van der Waals surface area contributed by atoms with E-state index < -0.39 is 11.6 Å². The molecule has 0 aromatic carbocycles. The van der Waals surface area contributed by atoms with Crippen molar-refractivity contribution in [2.24, 2.45) is 0 Å². The highest BCUT2D eigenvalue weighted by Crippen LogP contribution is 2.30. The van der Waals surface area contributed by atoms with Crippen molar-refractivity contribution in [3.05, 3.63) is 17.0 Å². The van der Waals surface area contributed by atoms with Crippen LogP contribution in [0, 0.1) is 0 Å². The molecule has 3 rings (SSSR count). The largest absolute Gasteiger partial charge is 0.461 e. The van der Waals surface area contributed by atoms with Crippen LogP contribution in [0.5, 0.6) is 0 Å². The van der Waals surface area contributed by atoms with Crippen molar-refractivity contribution in [1.29, 1.82) is 0 Å². The summed E-state index contributed by atoms with van der Waals surface area (Å²) in [6.07, 6.45) is 2.00. The molecule has 0 radical (unpaired) electrons. The van der Waals surface area contributed by atoms with Crippen LogP contribution in [0.15, 0.2) is 0 Å². The first kappa shape index (κ1) is 19.7. The number of hydrogen-bond donors (Lipinski definition) is 0. The van der Waals surface area contributed by atoms with E-state index in [1.165, 1.54) is 0 Å². The summed E-state index contributed by atoms with van der Waals surface area (Å²) in [5, 5.41) is 4.61. The van der Waals surface area contributed by atoms with Crippen molar-refractivity contribution >= 4 is 12.1 Å². The number of carbonyl (C=O) groups excluding carboxylic acids is 2. The Morgan fingerprint density at radius 3 is 2.59 bits per heavy atom. The molecular formula is C19H29N3O5. The highest BCUT2D eigenvalue weighted by Gasteiger charge is 2.34. The van der Waals surface area contributed by atoms with Crippen LogP contribution in [0.1, 0.15) is 68.3 Å². The fourth-order valence-electron chi connectivity index (χ4n) is 3.52. The number of carbonyl (C=O) groups is 2. The van der Waals surface area contributed by atoms with E-state index in [2.05, 4.69) is 5.10 Å². The third-order valence-corrected chi connectivity index (χ3v) is 4.74. The third-order valence-electron chi connectivity index (χ3n) is 4.74. The Hall–Kier alpha value is -2.09. The number of rotatable bonds is 3. The molecule has 27 heavy (non-hydrogen) atoms. The van der Waals surface area contributed by atoms with Crippen LogP contribution in [0.4, 0.5) is 4.79 Å². The molecule has 1 fully saturated rings. The second-order valence-corrected chi connectivity index (χ2v) is 7.93.